The lowest BCUT2D eigenvalue weighted by atomic mass is 9.74. The lowest BCUT2D eigenvalue weighted by Crippen LogP contribution is -2.49. The van der Waals surface area contributed by atoms with E-state index in [-0.39, 0.29) is 0 Å². The molecule has 0 amide bonds. The monoisotopic (exact) mass is 456 g/mol. The quantitative estimate of drug-likeness (QED) is 0.574. The van der Waals surface area contributed by atoms with E-state index < -0.39 is 17.4 Å². The van der Waals surface area contributed by atoms with Gasteiger partial charge in [0.05, 0.1) is 19.8 Å². The van der Waals surface area contributed by atoms with Gasteiger partial charge in [-0.05, 0) is 37.0 Å². The maximum atomic E-state index is 6.80. The maximum absolute atomic E-state index is 6.80. The normalized spacial score (nSPS) is 48.9. The van der Waals surface area contributed by atoms with Crippen LogP contribution in [0.15, 0.2) is 0 Å². The van der Waals surface area contributed by atoms with Crippen LogP contribution in [0.25, 0.3) is 0 Å². The van der Waals surface area contributed by atoms with E-state index in [9.17, 15) is 0 Å². The second-order valence-electron chi connectivity index (χ2n) is 12.1. The Labute approximate surface area is 196 Å². The average molecular weight is 457 g/mol. The first-order valence-electron chi connectivity index (χ1n) is 12.8. The Balaban J connectivity index is 1.44. The third-order valence-corrected chi connectivity index (χ3v) is 9.81. The predicted octanol–water partition coefficient (Wildman–Crippen LogP) is 4.49. The topological polar surface area (TPSA) is 55.4 Å². The van der Waals surface area contributed by atoms with Crippen molar-refractivity contribution in [1.29, 1.82) is 0 Å². The van der Waals surface area contributed by atoms with Gasteiger partial charge in [-0.2, -0.15) is 0 Å². The minimum Gasteiger partial charge on any atom is -0.461 e. The van der Waals surface area contributed by atoms with Gasteiger partial charge in [-0.3, -0.25) is 0 Å². The third kappa shape index (κ3) is 2.61. The van der Waals surface area contributed by atoms with Crippen LogP contribution >= 0.6 is 0 Å². The highest BCUT2D eigenvalue weighted by Gasteiger charge is 2.58. The molecule has 6 aliphatic rings. The first-order valence-corrected chi connectivity index (χ1v) is 12.8. The number of fused-ring (bicyclic) bond motifs is 9. The number of hydrogen-bond donors (Lipinski definition) is 0. The first kappa shape index (κ1) is 20.8. The SMILES string of the molecule is C[C@H]1CO[C@]2(C)Oc3c(c4c(c5c3C[C@@H]3[C@@H](C)CO[C@]3(C)O5)C[C@@H]3[C@@H](C)CO[C@]3(C)O4)C[C@H]12. The van der Waals surface area contributed by atoms with Gasteiger partial charge in [0.15, 0.2) is 0 Å². The zero-order valence-electron chi connectivity index (χ0n) is 20.7. The summed E-state index contributed by atoms with van der Waals surface area (Å²) in [6.07, 6.45) is 2.69. The van der Waals surface area contributed by atoms with E-state index in [1.807, 2.05) is 0 Å². The molecule has 0 spiro atoms. The lowest BCUT2D eigenvalue weighted by Gasteiger charge is -2.47. The molecule has 1 aromatic rings. The van der Waals surface area contributed by atoms with Crippen molar-refractivity contribution < 1.29 is 28.4 Å². The Kier molecular flexibility index (Phi) is 4.03. The summed E-state index contributed by atoms with van der Waals surface area (Å²) >= 11 is 0. The molecular formula is C27H36O6. The smallest absolute Gasteiger partial charge is 0.211 e. The van der Waals surface area contributed by atoms with E-state index in [0.717, 1.165) is 56.3 Å². The maximum Gasteiger partial charge on any atom is 0.211 e. The molecule has 0 bridgehead atoms. The van der Waals surface area contributed by atoms with Crippen molar-refractivity contribution in [3.8, 4) is 17.2 Å². The molecule has 3 fully saturated rings. The number of rotatable bonds is 0. The summed E-state index contributed by atoms with van der Waals surface area (Å²) in [6, 6.07) is 0. The van der Waals surface area contributed by atoms with Gasteiger partial charge in [0, 0.05) is 55.2 Å². The van der Waals surface area contributed by atoms with Crippen molar-refractivity contribution in [3.05, 3.63) is 16.7 Å². The Morgan fingerprint density at radius 1 is 0.515 bits per heavy atom. The Hall–Kier alpha value is -1.50. The Morgan fingerprint density at radius 3 is 1.06 bits per heavy atom. The zero-order chi connectivity index (χ0) is 22.9. The molecule has 0 saturated carbocycles. The van der Waals surface area contributed by atoms with Crippen molar-refractivity contribution in [2.24, 2.45) is 35.5 Å². The molecule has 0 aliphatic carbocycles. The van der Waals surface area contributed by atoms with Gasteiger partial charge in [-0.15, -0.1) is 0 Å². The van der Waals surface area contributed by atoms with Crippen LogP contribution in [0.1, 0.15) is 58.2 Å². The van der Waals surface area contributed by atoms with Crippen LogP contribution < -0.4 is 14.2 Å². The zero-order valence-corrected chi connectivity index (χ0v) is 20.7. The second kappa shape index (κ2) is 6.38. The predicted molar refractivity (Wildman–Crippen MR) is 120 cm³/mol. The second-order valence-corrected chi connectivity index (χ2v) is 12.1. The van der Waals surface area contributed by atoms with E-state index in [4.69, 9.17) is 28.4 Å². The minimum absolute atomic E-state index is 0.299. The van der Waals surface area contributed by atoms with Crippen LogP contribution in [-0.2, 0) is 33.5 Å². The molecule has 9 atom stereocenters. The van der Waals surface area contributed by atoms with Crippen molar-refractivity contribution in [2.75, 3.05) is 19.8 Å². The summed E-state index contributed by atoms with van der Waals surface area (Å²) in [5, 5.41) is 0. The number of benzene rings is 1. The van der Waals surface area contributed by atoms with Gasteiger partial charge in [0.25, 0.3) is 0 Å². The van der Waals surface area contributed by atoms with E-state index in [2.05, 4.69) is 41.5 Å². The first-order chi connectivity index (χ1) is 15.6. The molecule has 6 nitrogen and oxygen atoms in total. The van der Waals surface area contributed by atoms with Crippen LogP contribution in [0.5, 0.6) is 17.2 Å². The molecule has 3 saturated heterocycles. The summed E-state index contributed by atoms with van der Waals surface area (Å²) in [6.45, 7) is 15.3. The molecule has 33 heavy (non-hydrogen) atoms. The molecule has 6 heteroatoms. The fourth-order valence-corrected chi connectivity index (χ4v) is 7.64. The summed E-state index contributed by atoms with van der Waals surface area (Å²) < 4.78 is 39.1. The summed E-state index contributed by atoms with van der Waals surface area (Å²) in [5.41, 5.74) is 3.56. The van der Waals surface area contributed by atoms with Crippen molar-refractivity contribution in [2.45, 2.75) is 78.2 Å². The Morgan fingerprint density at radius 2 is 0.788 bits per heavy atom. The number of hydrogen-bond acceptors (Lipinski definition) is 6. The lowest BCUT2D eigenvalue weighted by molar-refractivity contribution is -0.181. The van der Waals surface area contributed by atoms with E-state index in [1.54, 1.807) is 0 Å². The van der Waals surface area contributed by atoms with Gasteiger partial charge in [0.1, 0.15) is 17.2 Å². The van der Waals surface area contributed by atoms with Crippen LogP contribution in [0.3, 0.4) is 0 Å². The molecule has 180 valence electrons. The molecule has 0 aromatic heterocycles. The standard InChI is InChI=1S/C27H36O6/c1-13-10-28-25(4)19(13)7-16-22(31-25)17-8-20-14(2)12-30-27(20,6)33-24(17)18-9-21-15(3)11-29-26(21,5)32-23(16)18/h13-15,19-21H,7-12H2,1-6H3/t13-,14-,15-,19+,20+,21+,25+,26+,27+/m0/s1. The highest BCUT2D eigenvalue weighted by molar-refractivity contribution is 5.66. The molecule has 0 radical (unpaired) electrons. The summed E-state index contributed by atoms with van der Waals surface area (Å²) in [5.74, 6) is 3.16. The van der Waals surface area contributed by atoms with Crippen LogP contribution in [0.2, 0.25) is 0 Å². The minimum atomic E-state index is -0.605. The fourth-order valence-electron chi connectivity index (χ4n) is 7.64. The van der Waals surface area contributed by atoms with E-state index in [0.29, 0.717) is 35.5 Å². The Bertz CT molecular complexity index is 888. The van der Waals surface area contributed by atoms with Crippen LogP contribution in [-0.4, -0.2) is 37.2 Å². The van der Waals surface area contributed by atoms with Gasteiger partial charge in [0.2, 0.25) is 17.4 Å². The molecule has 6 aliphatic heterocycles. The van der Waals surface area contributed by atoms with E-state index in [1.165, 1.54) is 16.7 Å². The van der Waals surface area contributed by atoms with Crippen molar-refractivity contribution >= 4 is 0 Å². The average Bonchev–Trinajstić information content (AvgIpc) is 3.35. The van der Waals surface area contributed by atoms with Crippen LogP contribution in [0, 0.1) is 35.5 Å². The molecule has 1 aromatic carbocycles. The summed E-state index contributed by atoms with van der Waals surface area (Å²) in [7, 11) is 0. The van der Waals surface area contributed by atoms with E-state index >= 15 is 0 Å². The van der Waals surface area contributed by atoms with Crippen molar-refractivity contribution in [3.63, 3.8) is 0 Å². The highest BCUT2D eigenvalue weighted by atomic mass is 16.7. The molecule has 6 heterocycles. The fraction of sp³-hybridized carbons (Fsp3) is 0.778. The molecule has 0 N–H and O–H groups in total. The summed E-state index contributed by atoms with van der Waals surface area (Å²) in [4.78, 5) is 0. The van der Waals surface area contributed by atoms with Crippen LogP contribution in [0.4, 0.5) is 0 Å². The molecular weight excluding hydrogens is 420 g/mol. The van der Waals surface area contributed by atoms with Gasteiger partial charge in [-0.1, -0.05) is 20.8 Å². The van der Waals surface area contributed by atoms with Gasteiger partial charge < -0.3 is 28.4 Å². The molecule has 0 unspecified atom stereocenters. The molecule has 7 rings (SSSR count). The number of ether oxygens (including phenoxy) is 6. The third-order valence-electron chi connectivity index (χ3n) is 9.81. The highest BCUT2D eigenvalue weighted by Crippen LogP contribution is 2.60. The van der Waals surface area contributed by atoms with Gasteiger partial charge >= 0.3 is 0 Å². The van der Waals surface area contributed by atoms with Crippen molar-refractivity contribution in [1.82, 2.24) is 0 Å². The van der Waals surface area contributed by atoms with Gasteiger partial charge in [-0.25, -0.2) is 0 Å². The largest absolute Gasteiger partial charge is 0.461 e.